The van der Waals surface area contributed by atoms with E-state index in [1.807, 2.05) is 36.4 Å². The van der Waals surface area contributed by atoms with E-state index in [9.17, 15) is 14.7 Å². The maximum Gasteiger partial charge on any atom is 0.260 e. The molecule has 280 valence electrons. The predicted molar refractivity (Wildman–Crippen MR) is 215 cm³/mol. The van der Waals surface area contributed by atoms with E-state index in [0.717, 1.165) is 21.5 Å². The van der Waals surface area contributed by atoms with Crippen molar-refractivity contribution in [3.63, 3.8) is 0 Å². The van der Waals surface area contributed by atoms with Crippen LogP contribution in [-0.2, 0) is 24.6 Å². The molecule has 56 heavy (non-hydrogen) atoms. The van der Waals surface area contributed by atoms with Gasteiger partial charge < -0.3 is 9.84 Å². The Morgan fingerprint density at radius 3 is 2.34 bits per heavy atom. The number of aromatic hydroxyl groups is 1. The molecule has 0 bridgehead atoms. The van der Waals surface area contributed by atoms with Gasteiger partial charge in [-0.1, -0.05) is 102 Å². The minimum atomic E-state index is -1.63. The second-order valence-corrected chi connectivity index (χ2v) is 15.6. The predicted octanol–water partition coefficient (Wildman–Crippen LogP) is 8.69. The lowest BCUT2D eigenvalue weighted by Gasteiger charge is -2.51. The second-order valence-electron chi connectivity index (χ2n) is 14.7. The summed E-state index contributed by atoms with van der Waals surface area (Å²) in [6.45, 7) is 3.81. The number of hydrogen-bond donors (Lipinski definition) is 2. The minimum absolute atomic E-state index is 0.0610. The minimum Gasteiger partial charge on any atom is -0.508 e. The molecule has 0 radical (unpaired) electrons. The monoisotopic (exact) mass is 783 g/mol. The largest absolute Gasteiger partial charge is 0.508 e. The number of allylic oxidation sites excluding steroid dienone is 2. The Morgan fingerprint density at radius 2 is 1.62 bits per heavy atom. The topological polar surface area (TPSA) is 116 Å². The maximum absolute atomic E-state index is 15.6. The number of anilines is 2. The highest BCUT2D eigenvalue weighted by molar-refractivity contribution is 6.36. The van der Waals surface area contributed by atoms with Crippen molar-refractivity contribution in [1.82, 2.24) is 5.01 Å². The van der Waals surface area contributed by atoms with Crippen molar-refractivity contribution in [1.29, 1.82) is 0 Å². The quantitative estimate of drug-likeness (QED) is 0.125. The van der Waals surface area contributed by atoms with Gasteiger partial charge in [-0.3, -0.25) is 29.5 Å². The molecule has 5 aromatic carbocycles. The van der Waals surface area contributed by atoms with Gasteiger partial charge in [0.15, 0.2) is 0 Å². The van der Waals surface area contributed by atoms with Crippen molar-refractivity contribution in [3.05, 3.63) is 148 Å². The number of hydrazine groups is 1. The normalized spacial score (nSPS) is 25.5. The first-order chi connectivity index (χ1) is 27.1. The fourth-order valence-electron chi connectivity index (χ4n) is 9.76. The van der Waals surface area contributed by atoms with E-state index in [0.29, 0.717) is 33.0 Å². The van der Waals surface area contributed by atoms with Crippen LogP contribution in [0.5, 0.6) is 11.5 Å². The number of carbonyl (C=O) groups is 4. The Kier molecular flexibility index (Phi) is 8.56. The summed E-state index contributed by atoms with van der Waals surface area (Å²) < 4.78 is 5.51. The van der Waals surface area contributed by atoms with Gasteiger partial charge in [0.1, 0.15) is 11.5 Å². The van der Waals surface area contributed by atoms with Crippen molar-refractivity contribution in [2.75, 3.05) is 17.4 Å². The molecule has 6 unspecified atom stereocenters. The number of benzene rings is 5. The zero-order chi connectivity index (χ0) is 39.0. The molecule has 2 saturated heterocycles. The van der Waals surface area contributed by atoms with Crippen molar-refractivity contribution in [2.45, 2.75) is 24.2 Å². The molecule has 2 aliphatic carbocycles. The van der Waals surface area contributed by atoms with Crippen molar-refractivity contribution >= 4 is 75.1 Å². The molecule has 9 nitrogen and oxygen atoms in total. The van der Waals surface area contributed by atoms with Gasteiger partial charge in [0.25, 0.3) is 11.8 Å². The number of nitrogens with one attached hydrogen (secondary N) is 1. The summed E-state index contributed by atoms with van der Waals surface area (Å²) in [6, 6.07) is 29.8. The summed E-state index contributed by atoms with van der Waals surface area (Å²) in [5.74, 6) is -5.38. The number of hydrogen-bond acceptors (Lipinski definition) is 7. The van der Waals surface area contributed by atoms with Crippen LogP contribution in [0.15, 0.2) is 121 Å². The number of phenolic OH excluding ortho intramolecular Hbond substituents is 1. The third kappa shape index (κ3) is 5.14. The van der Waals surface area contributed by atoms with Crippen LogP contribution in [0.25, 0.3) is 16.8 Å². The second kappa shape index (κ2) is 13.4. The molecule has 6 atom stereocenters. The lowest BCUT2D eigenvalue weighted by Crippen LogP contribution is -2.53. The highest BCUT2D eigenvalue weighted by atomic mass is 35.5. The van der Waals surface area contributed by atoms with Crippen LogP contribution in [-0.4, -0.2) is 40.9 Å². The number of nitrogens with zero attached hydrogens (tertiary/aromatic N) is 2. The Labute approximate surface area is 332 Å². The van der Waals surface area contributed by atoms with Gasteiger partial charge in [0.05, 0.1) is 46.7 Å². The zero-order valence-corrected chi connectivity index (χ0v) is 31.6. The molecule has 1 saturated carbocycles. The van der Waals surface area contributed by atoms with E-state index in [1.165, 1.54) is 11.0 Å². The van der Waals surface area contributed by atoms with Crippen molar-refractivity contribution in [2.24, 2.45) is 23.7 Å². The van der Waals surface area contributed by atoms with Crippen LogP contribution in [0, 0.1) is 23.7 Å². The first-order valence-electron chi connectivity index (χ1n) is 18.3. The first-order valence-corrected chi connectivity index (χ1v) is 19.1. The van der Waals surface area contributed by atoms with E-state index >= 15 is 9.59 Å². The van der Waals surface area contributed by atoms with Gasteiger partial charge in [-0.05, 0) is 89.2 Å². The molecule has 0 aromatic heterocycles. The fourth-order valence-corrected chi connectivity index (χ4v) is 10.2. The van der Waals surface area contributed by atoms with Crippen LogP contribution in [0.4, 0.5) is 11.4 Å². The average molecular weight is 785 g/mol. The summed E-state index contributed by atoms with van der Waals surface area (Å²) in [5, 5.41) is 15.1. The lowest BCUT2D eigenvalue weighted by atomic mass is 9.48. The fraction of sp³-hybridized carbons (Fsp3) is 0.200. The average Bonchev–Trinajstić information content (AvgIpc) is 3.59. The number of phenols is 1. The van der Waals surface area contributed by atoms with Crippen LogP contribution in [0.3, 0.4) is 0 Å². The number of rotatable bonds is 7. The van der Waals surface area contributed by atoms with E-state index in [4.69, 9.17) is 27.9 Å². The first kappa shape index (κ1) is 35.8. The van der Waals surface area contributed by atoms with E-state index in [2.05, 4.69) is 12.0 Å². The van der Waals surface area contributed by atoms with Gasteiger partial charge in [0.2, 0.25) is 11.8 Å². The summed E-state index contributed by atoms with van der Waals surface area (Å²) in [6.07, 6.45) is 3.98. The standard InChI is InChI=1S/C45H35Cl2N3O6/c1-3-24-8-14-28(15-9-24)49-41(52)32-19-18-31-33(38(32)43(49)54)23-34-42(53)50(48-36-20-13-27(46)22-35(36)47)44(55)45(34,26-11-16-29(56-2)17-12-26)40(31)39-30-7-5-4-6-25(30)10-21-37(39)51/h3-18,20-22,32-34,38,40,48,51H,1,19,23H2,2H3. The number of fused-ring (bicyclic) bond motifs is 5. The molecule has 2 aliphatic heterocycles. The zero-order valence-electron chi connectivity index (χ0n) is 30.1. The van der Waals surface area contributed by atoms with E-state index in [-0.39, 0.29) is 41.1 Å². The maximum atomic E-state index is 15.6. The lowest BCUT2D eigenvalue weighted by molar-refractivity contribution is -0.138. The van der Waals surface area contributed by atoms with Crippen LogP contribution < -0.4 is 15.1 Å². The van der Waals surface area contributed by atoms with Crippen LogP contribution >= 0.6 is 23.2 Å². The molecule has 2 N–H and O–H groups in total. The highest BCUT2D eigenvalue weighted by Crippen LogP contribution is 2.65. The number of methoxy groups -OCH3 is 1. The van der Waals surface area contributed by atoms with Gasteiger partial charge in [-0.2, -0.15) is 5.01 Å². The number of imide groups is 2. The molecular formula is C45H35Cl2N3O6. The molecule has 4 amide bonds. The highest BCUT2D eigenvalue weighted by Gasteiger charge is 2.71. The Morgan fingerprint density at radius 1 is 0.875 bits per heavy atom. The van der Waals surface area contributed by atoms with Crippen LogP contribution in [0.2, 0.25) is 10.0 Å². The third-order valence-corrected chi connectivity index (χ3v) is 12.8. The molecule has 0 spiro atoms. The molecule has 9 rings (SSSR count). The molecular weight excluding hydrogens is 749 g/mol. The number of carbonyl (C=O) groups excluding carboxylic acids is 4. The summed E-state index contributed by atoms with van der Waals surface area (Å²) in [5.41, 5.74) is 4.69. The SMILES string of the molecule is C=Cc1ccc(N2C(=O)C3CC=C4C(CC5C(=O)N(Nc6ccc(Cl)cc6Cl)C(=O)C5(c5ccc(OC)cc5)C4c4c(O)ccc5ccccc45)C3C2=O)cc1. The van der Waals surface area contributed by atoms with E-state index < -0.39 is 46.8 Å². The number of ether oxygens (including phenoxy) is 1. The van der Waals surface area contributed by atoms with Gasteiger partial charge in [0, 0.05) is 16.5 Å². The van der Waals surface area contributed by atoms with Crippen LogP contribution in [0.1, 0.15) is 35.4 Å². The van der Waals surface area contributed by atoms with Gasteiger partial charge in [-0.15, -0.1) is 0 Å². The van der Waals surface area contributed by atoms with Gasteiger partial charge in [-0.25, -0.2) is 0 Å². The molecule has 3 fully saturated rings. The van der Waals surface area contributed by atoms with Crippen molar-refractivity contribution in [3.8, 4) is 11.5 Å². The summed E-state index contributed by atoms with van der Waals surface area (Å²) in [4.78, 5) is 60.9. The smallest absolute Gasteiger partial charge is 0.260 e. The number of amides is 4. The summed E-state index contributed by atoms with van der Waals surface area (Å²) >= 11 is 12.8. The molecule has 11 heteroatoms. The van der Waals surface area contributed by atoms with Gasteiger partial charge >= 0.3 is 0 Å². The molecule has 2 heterocycles. The molecule has 5 aromatic rings. The van der Waals surface area contributed by atoms with E-state index in [1.54, 1.807) is 79.9 Å². The third-order valence-electron chi connectivity index (χ3n) is 12.2. The number of halogens is 2. The molecule has 4 aliphatic rings. The Hall–Kier alpha value is -5.90. The Balaban J connectivity index is 1.28. The Bertz CT molecular complexity index is 2540. The van der Waals surface area contributed by atoms with Crippen molar-refractivity contribution < 1.29 is 29.0 Å². The summed E-state index contributed by atoms with van der Waals surface area (Å²) in [7, 11) is 1.55.